The quantitative estimate of drug-likeness (QED) is 0.403. The molecule has 148 valence electrons. The zero-order valence-electron chi connectivity index (χ0n) is 15.0. The van der Waals surface area contributed by atoms with Gasteiger partial charge in [0.05, 0.1) is 11.2 Å². The fraction of sp³-hybridized carbons (Fsp3) is 0.211. The summed E-state index contributed by atoms with van der Waals surface area (Å²) in [4.78, 5) is 23.1. The van der Waals surface area contributed by atoms with Crippen molar-refractivity contribution in [2.24, 2.45) is 5.10 Å². The molecule has 2 aromatic rings. The molecular weight excluding hydrogens is 408 g/mol. The van der Waals surface area contributed by atoms with Gasteiger partial charge in [-0.1, -0.05) is 36.2 Å². The van der Waals surface area contributed by atoms with Gasteiger partial charge in [-0.3, -0.25) is 9.59 Å². The standard InChI is InChI=1S/C19H18Cl2FN3O3/c1-2-8-23-18(26)19(27)25-24-10-12-9-13(20)6-7-17(12)28-11-14-15(21)4-3-5-16(14)22/h3-7,9-10H,2,8,11H2,1H3,(H,23,26)(H,25,27)/b24-10-. The number of rotatable bonds is 7. The molecule has 0 saturated heterocycles. The maximum Gasteiger partial charge on any atom is 0.329 e. The number of halogens is 3. The van der Waals surface area contributed by atoms with E-state index in [2.05, 4.69) is 15.8 Å². The molecule has 28 heavy (non-hydrogen) atoms. The van der Waals surface area contributed by atoms with Gasteiger partial charge in [0, 0.05) is 22.7 Å². The van der Waals surface area contributed by atoms with Crippen LogP contribution in [0.1, 0.15) is 24.5 Å². The summed E-state index contributed by atoms with van der Waals surface area (Å²) in [7, 11) is 0. The smallest absolute Gasteiger partial charge is 0.329 e. The van der Waals surface area contributed by atoms with Crippen LogP contribution in [0, 0.1) is 5.82 Å². The number of amides is 2. The van der Waals surface area contributed by atoms with Crippen molar-refractivity contribution in [3.63, 3.8) is 0 Å². The lowest BCUT2D eigenvalue weighted by atomic mass is 10.2. The molecule has 9 heteroatoms. The highest BCUT2D eigenvalue weighted by atomic mass is 35.5. The van der Waals surface area contributed by atoms with Crippen molar-refractivity contribution >= 4 is 41.2 Å². The van der Waals surface area contributed by atoms with Gasteiger partial charge < -0.3 is 10.1 Å². The highest BCUT2D eigenvalue weighted by Crippen LogP contribution is 2.25. The lowest BCUT2D eigenvalue weighted by molar-refractivity contribution is -0.139. The zero-order chi connectivity index (χ0) is 20.5. The molecule has 2 N–H and O–H groups in total. The molecule has 0 aliphatic heterocycles. The Labute approximate surface area is 171 Å². The second-order valence-corrected chi connectivity index (χ2v) is 6.47. The van der Waals surface area contributed by atoms with Gasteiger partial charge in [0.15, 0.2) is 0 Å². The van der Waals surface area contributed by atoms with Crippen LogP contribution in [0.15, 0.2) is 41.5 Å². The monoisotopic (exact) mass is 425 g/mol. The van der Waals surface area contributed by atoms with Crippen molar-refractivity contribution < 1.29 is 18.7 Å². The molecule has 0 atom stereocenters. The van der Waals surface area contributed by atoms with E-state index >= 15 is 0 Å². The van der Waals surface area contributed by atoms with E-state index in [1.54, 1.807) is 24.3 Å². The predicted octanol–water partition coefficient (Wildman–Crippen LogP) is 3.69. The Hall–Kier alpha value is -2.64. The SMILES string of the molecule is CCCNC(=O)C(=O)N/N=C\c1cc(Cl)ccc1OCc1c(F)cccc1Cl. The van der Waals surface area contributed by atoms with E-state index < -0.39 is 17.6 Å². The number of hydrazone groups is 1. The molecule has 0 fully saturated rings. The highest BCUT2D eigenvalue weighted by Gasteiger charge is 2.12. The second-order valence-electron chi connectivity index (χ2n) is 5.63. The number of hydrogen-bond acceptors (Lipinski definition) is 4. The first-order valence-electron chi connectivity index (χ1n) is 8.38. The van der Waals surface area contributed by atoms with E-state index in [9.17, 15) is 14.0 Å². The molecule has 0 aliphatic carbocycles. The summed E-state index contributed by atoms with van der Waals surface area (Å²) in [5.74, 6) is -1.82. The normalized spacial score (nSPS) is 10.7. The van der Waals surface area contributed by atoms with Crippen molar-refractivity contribution in [2.45, 2.75) is 20.0 Å². The van der Waals surface area contributed by atoms with Crippen LogP contribution >= 0.6 is 23.2 Å². The number of carbonyl (C=O) groups excluding carboxylic acids is 2. The minimum Gasteiger partial charge on any atom is -0.488 e. The van der Waals surface area contributed by atoms with E-state index in [-0.39, 0.29) is 17.2 Å². The number of ether oxygens (including phenoxy) is 1. The van der Waals surface area contributed by atoms with Gasteiger partial charge in [0.25, 0.3) is 0 Å². The van der Waals surface area contributed by atoms with E-state index in [4.69, 9.17) is 27.9 Å². The summed E-state index contributed by atoms with van der Waals surface area (Å²) in [5, 5.41) is 6.82. The van der Waals surface area contributed by atoms with Crippen LogP contribution in [-0.2, 0) is 16.2 Å². The van der Waals surface area contributed by atoms with Crippen molar-refractivity contribution in [2.75, 3.05) is 6.54 Å². The van der Waals surface area contributed by atoms with Crippen LogP contribution in [0.3, 0.4) is 0 Å². The zero-order valence-corrected chi connectivity index (χ0v) is 16.5. The Morgan fingerprint density at radius 2 is 2.00 bits per heavy atom. The van der Waals surface area contributed by atoms with Gasteiger partial charge in [-0.15, -0.1) is 0 Å². The molecule has 0 unspecified atom stereocenters. The number of nitrogens with one attached hydrogen (secondary N) is 2. The molecule has 0 bridgehead atoms. The summed E-state index contributed by atoms with van der Waals surface area (Å²) in [6.07, 6.45) is 1.98. The lowest BCUT2D eigenvalue weighted by Crippen LogP contribution is -2.38. The van der Waals surface area contributed by atoms with E-state index in [1.165, 1.54) is 18.3 Å². The Morgan fingerprint density at radius 1 is 1.21 bits per heavy atom. The average Bonchev–Trinajstić information content (AvgIpc) is 2.66. The Kier molecular flexibility index (Phi) is 8.22. The number of benzene rings is 2. The summed E-state index contributed by atoms with van der Waals surface area (Å²) in [6.45, 7) is 2.14. The molecule has 0 aromatic heterocycles. The number of nitrogens with zero attached hydrogens (tertiary/aromatic N) is 1. The highest BCUT2D eigenvalue weighted by molar-refractivity contribution is 6.35. The third-order valence-electron chi connectivity index (χ3n) is 3.52. The molecule has 2 aromatic carbocycles. The first kappa shape index (κ1) is 21.7. The largest absolute Gasteiger partial charge is 0.488 e. The van der Waals surface area contributed by atoms with Crippen molar-refractivity contribution in [3.8, 4) is 5.75 Å². The Balaban J connectivity index is 2.07. The molecule has 2 amide bonds. The van der Waals surface area contributed by atoms with E-state index in [1.807, 2.05) is 6.92 Å². The van der Waals surface area contributed by atoms with Crippen molar-refractivity contribution in [1.82, 2.24) is 10.7 Å². The van der Waals surface area contributed by atoms with Crippen LogP contribution in [0.4, 0.5) is 4.39 Å². The predicted molar refractivity (Wildman–Crippen MR) is 106 cm³/mol. The molecule has 6 nitrogen and oxygen atoms in total. The molecule has 0 radical (unpaired) electrons. The first-order valence-corrected chi connectivity index (χ1v) is 9.14. The van der Waals surface area contributed by atoms with Crippen molar-refractivity contribution in [3.05, 3.63) is 63.4 Å². The fourth-order valence-electron chi connectivity index (χ4n) is 2.10. The van der Waals surface area contributed by atoms with E-state index in [0.717, 1.165) is 0 Å². The number of hydrogen-bond donors (Lipinski definition) is 2. The summed E-state index contributed by atoms with van der Waals surface area (Å²) in [5.41, 5.74) is 2.75. The lowest BCUT2D eigenvalue weighted by Gasteiger charge is -2.11. The minimum absolute atomic E-state index is 0.111. The van der Waals surface area contributed by atoms with Gasteiger partial charge in [-0.05, 0) is 36.8 Å². The van der Waals surface area contributed by atoms with Crippen LogP contribution in [0.5, 0.6) is 5.75 Å². The van der Waals surface area contributed by atoms with Crippen molar-refractivity contribution in [1.29, 1.82) is 0 Å². The van der Waals surface area contributed by atoms with Gasteiger partial charge in [-0.25, -0.2) is 9.82 Å². The van der Waals surface area contributed by atoms with Crippen LogP contribution in [-0.4, -0.2) is 24.6 Å². The molecular formula is C19H18Cl2FN3O3. The third-order valence-corrected chi connectivity index (χ3v) is 4.11. The van der Waals surface area contributed by atoms with E-state index in [0.29, 0.717) is 29.3 Å². The summed E-state index contributed by atoms with van der Waals surface area (Å²) in [6, 6.07) is 9.07. The molecule has 2 rings (SSSR count). The van der Waals surface area contributed by atoms with Gasteiger partial charge in [0.2, 0.25) is 0 Å². The summed E-state index contributed by atoms with van der Waals surface area (Å²) >= 11 is 12.0. The van der Waals surface area contributed by atoms with Gasteiger partial charge in [-0.2, -0.15) is 5.10 Å². The number of carbonyl (C=O) groups is 2. The van der Waals surface area contributed by atoms with Crippen LogP contribution in [0.25, 0.3) is 0 Å². The average molecular weight is 426 g/mol. The molecule has 0 heterocycles. The molecule has 0 saturated carbocycles. The second kappa shape index (κ2) is 10.6. The maximum atomic E-state index is 13.9. The van der Waals surface area contributed by atoms with Gasteiger partial charge in [0.1, 0.15) is 18.2 Å². The molecule has 0 spiro atoms. The first-order chi connectivity index (χ1) is 13.4. The Bertz CT molecular complexity index is 870. The van der Waals surface area contributed by atoms with Crippen LogP contribution < -0.4 is 15.5 Å². The maximum absolute atomic E-state index is 13.9. The topological polar surface area (TPSA) is 79.8 Å². The summed E-state index contributed by atoms with van der Waals surface area (Å²) < 4.78 is 19.5. The Morgan fingerprint density at radius 3 is 2.71 bits per heavy atom. The van der Waals surface area contributed by atoms with Crippen LogP contribution in [0.2, 0.25) is 10.0 Å². The van der Waals surface area contributed by atoms with Gasteiger partial charge >= 0.3 is 11.8 Å². The third kappa shape index (κ3) is 6.21. The fourth-order valence-corrected chi connectivity index (χ4v) is 2.50. The minimum atomic E-state index is -0.896. The molecule has 0 aliphatic rings.